The van der Waals surface area contributed by atoms with E-state index < -0.39 is 0 Å². The van der Waals surface area contributed by atoms with Gasteiger partial charge < -0.3 is 9.84 Å². The standard InChI is InChI=1S/C11H14O2/c1-8-3-2-4-9(5-8)10-6-13-7-11(10)12/h2-5,10-12H,6-7H2,1H3. The Kier molecular flexibility index (Phi) is 2.34. The molecule has 1 aliphatic rings. The number of aliphatic hydroxyl groups is 1. The summed E-state index contributed by atoms with van der Waals surface area (Å²) in [4.78, 5) is 0. The summed E-state index contributed by atoms with van der Waals surface area (Å²) in [5, 5.41) is 9.61. The van der Waals surface area contributed by atoms with Crippen molar-refractivity contribution in [1.82, 2.24) is 0 Å². The van der Waals surface area contributed by atoms with Crippen LogP contribution in [0.2, 0.25) is 0 Å². The summed E-state index contributed by atoms with van der Waals surface area (Å²) >= 11 is 0. The zero-order valence-electron chi connectivity index (χ0n) is 7.73. The molecular weight excluding hydrogens is 164 g/mol. The lowest BCUT2D eigenvalue weighted by Crippen LogP contribution is -2.15. The van der Waals surface area contributed by atoms with E-state index in [1.54, 1.807) is 0 Å². The number of aliphatic hydroxyl groups excluding tert-OH is 1. The fraction of sp³-hybridized carbons (Fsp3) is 0.455. The van der Waals surface area contributed by atoms with Crippen molar-refractivity contribution >= 4 is 0 Å². The highest BCUT2D eigenvalue weighted by Gasteiger charge is 2.27. The number of ether oxygens (including phenoxy) is 1. The molecule has 1 N–H and O–H groups in total. The Morgan fingerprint density at radius 3 is 2.85 bits per heavy atom. The maximum atomic E-state index is 9.61. The maximum absolute atomic E-state index is 9.61. The average molecular weight is 178 g/mol. The van der Waals surface area contributed by atoms with Crippen molar-refractivity contribution in [3.8, 4) is 0 Å². The second kappa shape index (κ2) is 3.48. The highest BCUT2D eigenvalue weighted by molar-refractivity contribution is 5.27. The van der Waals surface area contributed by atoms with Crippen molar-refractivity contribution in [2.75, 3.05) is 13.2 Å². The molecule has 13 heavy (non-hydrogen) atoms. The van der Waals surface area contributed by atoms with Gasteiger partial charge in [-0.15, -0.1) is 0 Å². The second-order valence-electron chi connectivity index (χ2n) is 3.63. The molecule has 2 nitrogen and oxygen atoms in total. The SMILES string of the molecule is Cc1cccc(C2COCC2O)c1. The fourth-order valence-corrected chi connectivity index (χ4v) is 1.76. The van der Waals surface area contributed by atoms with Gasteiger partial charge in [0.1, 0.15) is 0 Å². The largest absolute Gasteiger partial charge is 0.390 e. The van der Waals surface area contributed by atoms with Gasteiger partial charge in [-0.25, -0.2) is 0 Å². The smallest absolute Gasteiger partial charge is 0.0864 e. The van der Waals surface area contributed by atoms with Crippen LogP contribution >= 0.6 is 0 Å². The molecule has 0 radical (unpaired) electrons. The zero-order valence-corrected chi connectivity index (χ0v) is 7.73. The monoisotopic (exact) mass is 178 g/mol. The van der Waals surface area contributed by atoms with Gasteiger partial charge in [0, 0.05) is 5.92 Å². The minimum Gasteiger partial charge on any atom is -0.390 e. The predicted octanol–water partition coefficient (Wildman–Crippen LogP) is 1.47. The van der Waals surface area contributed by atoms with Crippen molar-refractivity contribution in [3.05, 3.63) is 35.4 Å². The number of aryl methyl sites for hydroxylation is 1. The van der Waals surface area contributed by atoms with Crippen molar-refractivity contribution < 1.29 is 9.84 Å². The van der Waals surface area contributed by atoms with Crippen LogP contribution < -0.4 is 0 Å². The first-order valence-electron chi connectivity index (χ1n) is 4.60. The summed E-state index contributed by atoms with van der Waals surface area (Å²) in [6.45, 7) is 3.18. The van der Waals surface area contributed by atoms with Gasteiger partial charge >= 0.3 is 0 Å². The summed E-state index contributed by atoms with van der Waals surface area (Å²) in [5.41, 5.74) is 2.42. The van der Waals surface area contributed by atoms with Crippen LogP contribution in [0.5, 0.6) is 0 Å². The van der Waals surface area contributed by atoms with Crippen LogP contribution in [0.3, 0.4) is 0 Å². The Balaban J connectivity index is 2.24. The lowest BCUT2D eigenvalue weighted by atomic mass is 9.95. The molecule has 1 aromatic carbocycles. The molecule has 1 fully saturated rings. The Labute approximate surface area is 78.2 Å². The van der Waals surface area contributed by atoms with Crippen LogP contribution in [0.4, 0.5) is 0 Å². The van der Waals surface area contributed by atoms with E-state index in [2.05, 4.69) is 25.1 Å². The van der Waals surface area contributed by atoms with Gasteiger partial charge in [0.2, 0.25) is 0 Å². The summed E-state index contributed by atoms with van der Waals surface area (Å²) in [5.74, 6) is 0.167. The minimum atomic E-state index is -0.332. The van der Waals surface area contributed by atoms with Gasteiger partial charge in [-0.1, -0.05) is 29.8 Å². The Morgan fingerprint density at radius 1 is 1.38 bits per heavy atom. The number of hydrogen-bond acceptors (Lipinski definition) is 2. The molecule has 0 saturated carbocycles. The van der Waals surface area contributed by atoms with E-state index in [0.29, 0.717) is 13.2 Å². The molecule has 0 amide bonds. The van der Waals surface area contributed by atoms with Crippen LogP contribution in [0.25, 0.3) is 0 Å². The van der Waals surface area contributed by atoms with E-state index in [1.807, 2.05) is 6.07 Å². The molecule has 1 aliphatic heterocycles. The lowest BCUT2D eigenvalue weighted by molar-refractivity contribution is 0.124. The average Bonchev–Trinajstić information content (AvgIpc) is 2.51. The summed E-state index contributed by atoms with van der Waals surface area (Å²) < 4.78 is 5.21. The molecule has 2 atom stereocenters. The van der Waals surface area contributed by atoms with Crippen LogP contribution in [0, 0.1) is 6.92 Å². The first kappa shape index (κ1) is 8.73. The highest BCUT2D eigenvalue weighted by atomic mass is 16.5. The third-order valence-electron chi connectivity index (χ3n) is 2.52. The molecule has 0 aliphatic carbocycles. The predicted molar refractivity (Wildman–Crippen MR) is 50.7 cm³/mol. The Morgan fingerprint density at radius 2 is 2.23 bits per heavy atom. The number of hydrogen-bond donors (Lipinski definition) is 1. The maximum Gasteiger partial charge on any atom is 0.0864 e. The summed E-state index contributed by atoms with van der Waals surface area (Å²) in [7, 11) is 0. The lowest BCUT2D eigenvalue weighted by Gasteiger charge is -2.12. The minimum absolute atomic E-state index is 0.167. The number of benzene rings is 1. The van der Waals surface area contributed by atoms with Gasteiger partial charge in [0.05, 0.1) is 19.3 Å². The van der Waals surface area contributed by atoms with Crippen molar-refractivity contribution in [3.63, 3.8) is 0 Å². The van der Waals surface area contributed by atoms with E-state index in [0.717, 1.165) is 0 Å². The topological polar surface area (TPSA) is 29.5 Å². The molecule has 70 valence electrons. The van der Waals surface area contributed by atoms with E-state index in [-0.39, 0.29) is 12.0 Å². The van der Waals surface area contributed by atoms with E-state index in [4.69, 9.17) is 4.74 Å². The molecule has 2 heteroatoms. The highest BCUT2D eigenvalue weighted by Crippen LogP contribution is 2.25. The Hall–Kier alpha value is -0.860. The fourth-order valence-electron chi connectivity index (χ4n) is 1.76. The van der Waals surface area contributed by atoms with Gasteiger partial charge in [0.25, 0.3) is 0 Å². The molecule has 1 aromatic rings. The Bertz CT molecular complexity index is 296. The van der Waals surface area contributed by atoms with Gasteiger partial charge in [-0.05, 0) is 12.5 Å². The van der Waals surface area contributed by atoms with Crippen molar-refractivity contribution in [1.29, 1.82) is 0 Å². The molecule has 2 unspecified atom stereocenters. The summed E-state index contributed by atoms with van der Waals surface area (Å²) in [6.07, 6.45) is -0.332. The second-order valence-corrected chi connectivity index (χ2v) is 3.63. The molecular formula is C11H14O2. The van der Waals surface area contributed by atoms with Crippen LogP contribution in [0.1, 0.15) is 17.0 Å². The van der Waals surface area contributed by atoms with Crippen LogP contribution in [0.15, 0.2) is 24.3 Å². The van der Waals surface area contributed by atoms with Crippen molar-refractivity contribution in [2.24, 2.45) is 0 Å². The van der Waals surface area contributed by atoms with E-state index >= 15 is 0 Å². The first-order valence-corrected chi connectivity index (χ1v) is 4.60. The van der Waals surface area contributed by atoms with Crippen LogP contribution in [-0.4, -0.2) is 24.4 Å². The molecule has 0 bridgehead atoms. The van der Waals surface area contributed by atoms with Gasteiger partial charge in [-0.3, -0.25) is 0 Å². The van der Waals surface area contributed by atoms with Crippen molar-refractivity contribution in [2.45, 2.75) is 18.9 Å². The first-order chi connectivity index (χ1) is 6.27. The van der Waals surface area contributed by atoms with Gasteiger partial charge in [0.15, 0.2) is 0 Å². The number of rotatable bonds is 1. The quantitative estimate of drug-likeness (QED) is 0.705. The summed E-state index contributed by atoms with van der Waals surface area (Å²) in [6, 6.07) is 8.25. The molecule has 1 saturated heterocycles. The van der Waals surface area contributed by atoms with Gasteiger partial charge in [-0.2, -0.15) is 0 Å². The zero-order chi connectivity index (χ0) is 9.26. The van der Waals surface area contributed by atoms with E-state index in [9.17, 15) is 5.11 Å². The normalized spacial score (nSPS) is 27.8. The molecule has 0 spiro atoms. The third-order valence-corrected chi connectivity index (χ3v) is 2.52. The molecule has 2 rings (SSSR count). The molecule has 1 heterocycles. The third kappa shape index (κ3) is 1.74. The van der Waals surface area contributed by atoms with Crippen LogP contribution in [-0.2, 0) is 4.74 Å². The molecule has 0 aromatic heterocycles. The van der Waals surface area contributed by atoms with E-state index in [1.165, 1.54) is 11.1 Å².